The summed E-state index contributed by atoms with van der Waals surface area (Å²) in [6.07, 6.45) is 2.55. The quantitative estimate of drug-likeness (QED) is 0.852. The summed E-state index contributed by atoms with van der Waals surface area (Å²) in [4.78, 5) is 4.15. The molecule has 1 saturated heterocycles. The first-order valence-corrected chi connectivity index (χ1v) is 9.22. The van der Waals surface area contributed by atoms with E-state index < -0.39 is 0 Å². The molecule has 2 unspecified atom stereocenters. The van der Waals surface area contributed by atoms with Crippen LogP contribution in [-0.4, -0.2) is 30.1 Å². The maximum absolute atomic E-state index is 3.77. The van der Waals surface area contributed by atoms with Crippen LogP contribution in [0, 0.1) is 5.41 Å². The van der Waals surface area contributed by atoms with E-state index in [1.54, 1.807) is 0 Å². The lowest BCUT2D eigenvalue weighted by atomic mass is 9.84. The molecule has 0 bridgehead atoms. The second-order valence-electron chi connectivity index (χ2n) is 6.90. The van der Waals surface area contributed by atoms with Gasteiger partial charge in [-0.05, 0) is 39.9 Å². The van der Waals surface area contributed by atoms with Gasteiger partial charge in [0.2, 0.25) is 0 Å². The number of hydrogen-bond donors (Lipinski definition) is 1. The molecule has 1 N–H and O–H groups in total. The number of rotatable bonds is 4. The smallest absolute Gasteiger partial charge is 0.0701 e. The maximum Gasteiger partial charge on any atom is 0.0701 e. The van der Waals surface area contributed by atoms with Crippen LogP contribution in [-0.2, 0) is 6.54 Å². The van der Waals surface area contributed by atoms with Crippen molar-refractivity contribution in [3.05, 3.63) is 20.8 Å². The number of nitrogens with zero attached hydrogens (tertiary/aromatic N) is 1. The fourth-order valence-electron chi connectivity index (χ4n) is 2.88. The largest absolute Gasteiger partial charge is 0.311 e. The molecular formula is C16H27BrN2S. The van der Waals surface area contributed by atoms with Gasteiger partial charge in [0, 0.05) is 36.6 Å². The van der Waals surface area contributed by atoms with Crippen molar-refractivity contribution < 1.29 is 0 Å². The number of halogens is 1. The van der Waals surface area contributed by atoms with E-state index in [1.807, 2.05) is 11.3 Å². The summed E-state index contributed by atoms with van der Waals surface area (Å²) in [5.74, 6) is 0. The molecule has 2 nitrogen and oxygen atoms in total. The Labute approximate surface area is 136 Å². The fraction of sp³-hybridized carbons (Fsp3) is 0.750. The van der Waals surface area contributed by atoms with Crippen LogP contribution < -0.4 is 5.32 Å². The van der Waals surface area contributed by atoms with Crippen LogP contribution in [0.1, 0.15) is 45.4 Å². The van der Waals surface area contributed by atoms with Crippen LogP contribution in [0.25, 0.3) is 0 Å². The Morgan fingerprint density at radius 3 is 2.70 bits per heavy atom. The van der Waals surface area contributed by atoms with E-state index in [4.69, 9.17) is 0 Å². The maximum atomic E-state index is 3.77. The highest BCUT2D eigenvalue weighted by molar-refractivity contribution is 9.11. The lowest BCUT2D eigenvalue weighted by Crippen LogP contribution is -2.59. The average molecular weight is 359 g/mol. The highest BCUT2D eigenvalue weighted by Gasteiger charge is 2.33. The van der Waals surface area contributed by atoms with Gasteiger partial charge in [-0.1, -0.05) is 34.1 Å². The van der Waals surface area contributed by atoms with Crippen molar-refractivity contribution in [3.8, 4) is 0 Å². The van der Waals surface area contributed by atoms with E-state index in [9.17, 15) is 0 Å². The van der Waals surface area contributed by atoms with Gasteiger partial charge in [0.15, 0.2) is 0 Å². The number of nitrogens with one attached hydrogen (secondary N) is 1. The predicted molar refractivity (Wildman–Crippen MR) is 92.4 cm³/mol. The third kappa shape index (κ3) is 4.30. The number of thiophene rings is 1. The first kappa shape index (κ1) is 16.5. The van der Waals surface area contributed by atoms with Crippen molar-refractivity contribution in [2.24, 2.45) is 5.41 Å². The monoisotopic (exact) mass is 358 g/mol. The zero-order valence-corrected chi connectivity index (χ0v) is 15.5. The molecule has 0 saturated carbocycles. The van der Waals surface area contributed by atoms with E-state index in [1.165, 1.54) is 21.5 Å². The van der Waals surface area contributed by atoms with Crippen LogP contribution in [0.4, 0.5) is 0 Å². The third-order valence-electron chi connectivity index (χ3n) is 4.19. The molecule has 1 fully saturated rings. The van der Waals surface area contributed by atoms with E-state index in [0.29, 0.717) is 17.5 Å². The zero-order chi connectivity index (χ0) is 14.8. The van der Waals surface area contributed by atoms with Crippen LogP contribution >= 0.6 is 27.3 Å². The normalized spacial score (nSPS) is 25.1. The molecule has 2 rings (SSSR count). The number of hydrogen-bond acceptors (Lipinski definition) is 3. The molecule has 114 valence electrons. The van der Waals surface area contributed by atoms with E-state index in [-0.39, 0.29) is 0 Å². The molecule has 1 aliphatic rings. The van der Waals surface area contributed by atoms with E-state index in [0.717, 1.165) is 19.6 Å². The minimum Gasteiger partial charge on any atom is -0.311 e. The summed E-state index contributed by atoms with van der Waals surface area (Å²) in [6, 6.07) is 5.68. The minimum atomic E-state index is 0.325. The predicted octanol–water partition coefficient (Wildman–Crippen LogP) is 4.50. The SMILES string of the molecule is CCCC1CNC(C(C)(C)C)CN1Cc1ccc(Br)s1. The fourth-order valence-corrected chi connectivity index (χ4v) is 4.39. The van der Waals surface area contributed by atoms with Crippen LogP contribution in [0.15, 0.2) is 15.9 Å². The van der Waals surface area contributed by atoms with Gasteiger partial charge < -0.3 is 5.32 Å². The van der Waals surface area contributed by atoms with Gasteiger partial charge in [0.25, 0.3) is 0 Å². The van der Waals surface area contributed by atoms with Crippen molar-refractivity contribution in [3.63, 3.8) is 0 Å². The Morgan fingerprint density at radius 1 is 1.40 bits per heavy atom. The Morgan fingerprint density at radius 2 is 2.15 bits per heavy atom. The van der Waals surface area contributed by atoms with Gasteiger partial charge in [-0.25, -0.2) is 0 Å². The molecule has 2 atom stereocenters. The zero-order valence-electron chi connectivity index (χ0n) is 13.1. The van der Waals surface area contributed by atoms with E-state index in [2.05, 4.69) is 66.0 Å². The van der Waals surface area contributed by atoms with Gasteiger partial charge >= 0.3 is 0 Å². The molecule has 0 aromatic carbocycles. The summed E-state index contributed by atoms with van der Waals surface area (Å²) >= 11 is 5.44. The van der Waals surface area contributed by atoms with Gasteiger partial charge in [0.05, 0.1) is 3.79 Å². The summed E-state index contributed by atoms with van der Waals surface area (Å²) in [6.45, 7) is 12.7. The molecule has 1 aliphatic heterocycles. The Kier molecular flexibility index (Phi) is 5.69. The van der Waals surface area contributed by atoms with Crippen molar-refractivity contribution in [1.82, 2.24) is 10.2 Å². The van der Waals surface area contributed by atoms with E-state index >= 15 is 0 Å². The molecule has 0 aliphatic carbocycles. The molecule has 0 radical (unpaired) electrons. The Hall–Kier alpha value is 0.1000. The van der Waals surface area contributed by atoms with Crippen molar-refractivity contribution in [1.29, 1.82) is 0 Å². The molecule has 2 heterocycles. The van der Waals surface area contributed by atoms with Gasteiger partial charge in [0.1, 0.15) is 0 Å². The molecule has 20 heavy (non-hydrogen) atoms. The molecule has 4 heteroatoms. The van der Waals surface area contributed by atoms with Crippen molar-refractivity contribution >= 4 is 27.3 Å². The topological polar surface area (TPSA) is 15.3 Å². The first-order chi connectivity index (χ1) is 9.40. The Bertz CT molecular complexity index is 424. The summed E-state index contributed by atoms with van der Waals surface area (Å²) in [5, 5.41) is 3.77. The summed E-state index contributed by atoms with van der Waals surface area (Å²) in [7, 11) is 0. The van der Waals surface area contributed by atoms with Crippen molar-refractivity contribution in [2.45, 2.75) is 59.2 Å². The summed E-state index contributed by atoms with van der Waals surface area (Å²) in [5.41, 5.74) is 0.325. The molecular weight excluding hydrogens is 332 g/mol. The number of piperazine rings is 1. The first-order valence-electron chi connectivity index (χ1n) is 7.61. The van der Waals surface area contributed by atoms with Gasteiger partial charge in [-0.15, -0.1) is 11.3 Å². The lowest BCUT2D eigenvalue weighted by molar-refractivity contribution is 0.0756. The van der Waals surface area contributed by atoms with Crippen molar-refractivity contribution in [2.75, 3.05) is 13.1 Å². The van der Waals surface area contributed by atoms with Gasteiger partial charge in [-0.2, -0.15) is 0 Å². The minimum absolute atomic E-state index is 0.325. The second-order valence-corrected chi connectivity index (χ2v) is 9.45. The van der Waals surface area contributed by atoms with Crippen LogP contribution in [0.2, 0.25) is 0 Å². The average Bonchev–Trinajstić information content (AvgIpc) is 2.76. The standard InChI is InChI=1S/C16H27BrN2S/c1-5-6-12-9-18-14(16(2,3)4)11-19(12)10-13-7-8-15(17)20-13/h7-8,12,14,18H,5-6,9-11H2,1-4H3. The molecule has 1 aromatic heterocycles. The highest BCUT2D eigenvalue weighted by atomic mass is 79.9. The Balaban J connectivity index is 2.06. The molecule has 0 amide bonds. The molecule has 1 aromatic rings. The highest BCUT2D eigenvalue weighted by Crippen LogP contribution is 2.28. The van der Waals surface area contributed by atoms with Gasteiger partial charge in [-0.3, -0.25) is 4.90 Å². The van der Waals surface area contributed by atoms with Crippen LogP contribution in [0.3, 0.4) is 0 Å². The second kappa shape index (κ2) is 6.91. The third-order valence-corrected chi connectivity index (χ3v) is 5.80. The van der Waals surface area contributed by atoms with Crippen LogP contribution in [0.5, 0.6) is 0 Å². The summed E-state index contributed by atoms with van der Waals surface area (Å²) < 4.78 is 1.24. The lowest BCUT2D eigenvalue weighted by Gasteiger charge is -2.45. The molecule has 0 spiro atoms.